The van der Waals surface area contributed by atoms with Gasteiger partial charge in [-0.2, -0.15) is 15.2 Å². The lowest BCUT2D eigenvalue weighted by Gasteiger charge is -2.08. The summed E-state index contributed by atoms with van der Waals surface area (Å²) < 4.78 is 9.92. The quantitative estimate of drug-likeness (QED) is 0.712. The van der Waals surface area contributed by atoms with Gasteiger partial charge >= 0.3 is 6.01 Å². The molecule has 0 unspecified atom stereocenters. The highest BCUT2D eigenvalue weighted by Crippen LogP contribution is 2.20. The molecule has 1 rings (SSSR count). The van der Waals surface area contributed by atoms with E-state index in [1.54, 1.807) is 0 Å². The van der Waals surface area contributed by atoms with Gasteiger partial charge in [0.1, 0.15) is 0 Å². The van der Waals surface area contributed by atoms with E-state index in [9.17, 15) is 0 Å². The summed E-state index contributed by atoms with van der Waals surface area (Å²) in [7, 11) is 2.99. The van der Waals surface area contributed by atoms with Gasteiger partial charge in [-0.3, -0.25) is 0 Å². The van der Waals surface area contributed by atoms with Crippen molar-refractivity contribution in [2.24, 2.45) is 0 Å². The zero-order valence-electron chi connectivity index (χ0n) is 8.37. The molecule has 0 atom stereocenters. The number of methoxy groups -OCH3 is 2. The summed E-state index contributed by atoms with van der Waals surface area (Å²) in [5, 5.41) is 8.58. The molecule has 5 nitrogen and oxygen atoms in total. The molecule has 1 aromatic heterocycles. The van der Waals surface area contributed by atoms with Crippen molar-refractivity contribution in [2.45, 2.75) is 13.3 Å². The Morgan fingerprint density at radius 3 is 2.50 bits per heavy atom. The Kier molecular flexibility index (Phi) is 3.24. The summed E-state index contributed by atoms with van der Waals surface area (Å²) in [6.07, 6.45) is 0.223. The van der Waals surface area contributed by atoms with Crippen LogP contribution >= 0.6 is 0 Å². The van der Waals surface area contributed by atoms with Crippen molar-refractivity contribution < 1.29 is 9.47 Å². The van der Waals surface area contributed by atoms with E-state index in [1.807, 2.05) is 13.0 Å². The highest BCUT2D eigenvalue weighted by molar-refractivity contribution is 5.32. The molecule has 0 fully saturated rings. The Labute approximate surface area is 82.3 Å². The molecule has 0 spiro atoms. The first-order valence-electron chi connectivity index (χ1n) is 4.05. The van der Waals surface area contributed by atoms with Crippen molar-refractivity contribution in [3.05, 3.63) is 11.3 Å². The highest BCUT2D eigenvalue weighted by Gasteiger charge is 2.10. The van der Waals surface area contributed by atoms with E-state index in [0.29, 0.717) is 11.6 Å². The van der Waals surface area contributed by atoms with Crippen LogP contribution in [0.1, 0.15) is 11.3 Å². The molecule has 0 aromatic carbocycles. The van der Waals surface area contributed by atoms with Crippen LogP contribution in [0.15, 0.2) is 0 Å². The van der Waals surface area contributed by atoms with Gasteiger partial charge in [0.2, 0.25) is 5.88 Å². The molecular formula is C9H11N3O2. The van der Waals surface area contributed by atoms with Crippen LogP contribution in [0.3, 0.4) is 0 Å². The number of aromatic nitrogens is 2. The normalized spacial score (nSPS) is 9.29. The predicted molar refractivity (Wildman–Crippen MR) is 49.2 cm³/mol. The molecule has 1 aromatic rings. The number of rotatable bonds is 3. The molecule has 0 saturated carbocycles. The Morgan fingerprint density at radius 1 is 1.29 bits per heavy atom. The van der Waals surface area contributed by atoms with Crippen molar-refractivity contribution in [2.75, 3.05) is 14.2 Å². The van der Waals surface area contributed by atoms with Crippen LogP contribution in [0.4, 0.5) is 0 Å². The van der Waals surface area contributed by atoms with E-state index in [2.05, 4.69) is 9.97 Å². The third-order valence-corrected chi connectivity index (χ3v) is 1.80. The van der Waals surface area contributed by atoms with Crippen LogP contribution in [0, 0.1) is 18.3 Å². The van der Waals surface area contributed by atoms with Gasteiger partial charge in [0.05, 0.1) is 32.4 Å². The second-order valence-corrected chi connectivity index (χ2v) is 2.63. The molecule has 14 heavy (non-hydrogen) atoms. The number of nitriles is 1. The van der Waals surface area contributed by atoms with Crippen molar-refractivity contribution in [1.29, 1.82) is 5.26 Å². The summed E-state index contributed by atoms with van der Waals surface area (Å²) in [6, 6.07) is 2.25. The fraction of sp³-hybridized carbons (Fsp3) is 0.444. The van der Waals surface area contributed by atoms with E-state index in [-0.39, 0.29) is 12.4 Å². The van der Waals surface area contributed by atoms with Gasteiger partial charge in [-0.1, -0.05) is 0 Å². The second kappa shape index (κ2) is 4.42. The SMILES string of the molecule is COc1nc(CC#N)c(C)c(OC)n1. The van der Waals surface area contributed by atoms with Crippen molar-refractivity contribution in [3.8, 4) is 18.0 Å². The Bertz CT molecular complexity index is 371. The molecule has 0 saturated heterocycles. The van der Waals surface area contributed by atoms with Crippen LogP contribution in [0.2, 0.25) is 0 Å². The van der Waals surface area contributed by atoms with Crippen LogP contribution in [-0.2, 0) is 6.42 Å². The van der Waals surface area contributed by atoms with Gasteiger partial charge < -0.3 is 9.47 Å². The lowest BCUT2D eigenvalue weighted by Crippen LogP contribution is -2.03. The Hall–Kier alpha value is -1.83. The van der Waals surface area contributed by atoms with Crippen molar-refractivity contribution in [1.82, 2.24) is 9.97 Å². The van der Waals surface area contributed by atoms with E-state index in [4.69, 9.17) is 14.7 Å². The first kappa shape index (κ1) is 10.3. The zero-order valence-corrected chi connectivity index (χ0v) is 8.37. The lowest BCUT2D eigenvalue weighted by molar-refractivity contribution is 0.348. The van der Waals surface area contributed by atoms with Gasteiger partial charge in [0.25, 0.3) is 0 Å². The van der Waals surface area contributed by atoms with Crippen LogP contribution < -0.4 is 9.47 Å². The summed E-state index contributed by atoms with van der Waals surface area (Å²) >= 11 is 0. The van der Waals surface area contributed by atoms with Crippen LogP contribution in [0.25, 0.3) is 0 Å². The van der Waals surface area contributed by atoms with Crippen molar-refractivity contribution >= 4 is 0 Å². The number of ether oxygens (including phenoxy) is 2. The molecule has 0 radical (unpaired) electrons. The molecule has 0 aliphatic rings. The minimum absolute atomic E-state index is 0.220. The molecule has 5 heteroatoms. The summed E-state index contributed by atoms with van der Waals surface area (Å²) in [6.45, 7) is 1.81. The van der Waals surface area contributed by atoms with E-state index in [0.717, 1.165) is 5.56 Å². The Morgan fingerprint density at radius 2 is 2.00 bits per heavy atom. The number of nitrogens with zero attached hydrogens (tertiary/aromatic N) is 3. The molecule has 0 aliphatic carbocycles. The first-order chi connectivity index (χ1) is 6.72. The maximum Gasteiger partial charge on any atom is 0.319 e. The third kappa shape index (κ3) is 1.91. The number of hydrogen-bond donors (Lipinski definition) is 0. The minimum Gasteiger partial charge on any atom is -0.481 e. The first-order valence-corrected chi connectivity index (χ1v) is 4.05. The fourth-order valence-corrected chi connectivity index (χ4v) is 1.06. The third-order valence-electron chi connectivity index (χ3n) is 1.80. The highest BCUT2D eigenvalue weighted by atomic mass is 16.5. The molecule has 74 valence electrons. The average Bonchev–Trinajstić information content (AvgIpc) is 2.21. The maximum atomic E-state index is 8.58. The second-order valence-electron chi connectivity index (χ2n) is 2.63. The molecule has 0 N–H and O–H groups in total. The predicted octanol–water partition coefficient (Wildman–Crippen LogP) is 0.868. The average molecular weight is 193 g/mol. The zero-order chi connectivity index (χ0) is 10.6. The van der Waals surface area contributed by atoms with Gasteiger partial charge in [0.15, 0.2) is 0 Å². The van der Waals surface area contributed by atoms with Gasteiger partial charge in [0, 0.05) is 5.56 Å². The molecular weight excluding hydrogens is 182 g/mol. The van der Waals surface area contributed by atoms with Gasteiger partial charge in [-0.25, -0.2) is 0 Å². The molecule has 1 heterocycles. The lowest BCUT2D eigenvalue weighted by atomic mass is 10.2. The molecule has 0 bridgehead atoms. The van der Waals surface area contributed by atoms with Gasteiger partial charge in [-0.05, 0) is 6.92 Å². The summed E-state index contributed by atoms with van der Waals surface area (Å²) in [4.78, 5) is 8.04. The largest absolute Gasteiger partial charge is 0.481 e. The Balaban J connectivity index is 3.21. The van der Waals surface area contributed by atoms with E-state index in [1.165, 1.54) is 14.2 Å². The van der Waals surface area contributed by atoms with Crippen molar-refractivity contribution in [3.63, 3.8) is 0 Å². The monoisotopic (exact) mass is 193 g/mol. The smallest absolute Gasteiger partial charge is 0.319 e. The van der Waals surface area contributed by atoms with E-state index < -0.39 is 0 Å². The topological polar surface area (TPSA) is 68.0 Å². The summed E-state index contributed by atoms with van der Waals surface area (Å²) in [5.41, 5.74) is 1.41. The van der Waals surface area contributed by atoms with Crippen LogP contribution in [0.5, 0.6) is 11.9 Å². The van der Waals surface area contributed by atoms with Gasteiger partial charge in [-0.15, -0.1) is 0 Å². The van der Waals surface area contributed by atoms with Crippen LogP contribution in [-0.4, -0.2) is 24.2 Å². The maximum absolute atomic E-state index is 8.58. The minimum atomic E-state index is 0.220. The molecule has 0 aliphatic heterocycles. The summed E-state index contributed by atoms with van der Waals surface area (Å²) in [5.74, 6) is 0.446. The number of hydrogen-bond acceptors (Lipinski definition) is 5. The van der Waals surface area contributed by atoms with E-state index >= 15 is 0 Å². The molecule has 0 amide bonds. The fourth-order valence-electron chi connectivity index (χ4n) is 1.06. The standard InChI is InChI=1S/C9H11N3O2/c1-6-7(4-5-10)11-9(14-3)12-8(6)13-2/h4H2,1-3H3.